The third-order valence-electron chi connectivity index (χ3n) is 4.84. The molecular formula is C16H20ClN5O2. The zero-order valence-electron chi connectivity index (χ0n) is 13.7. The van der Waals surface area contributed by atoms with Crippen molar-refractivity contribution in [2.24, 2.45) is 21.7 Å². The summed E-state index contributed by atoms with van der Waals surface area (Å²) in [5, 5.41) is 25.9. The number of carbonyl (C=O) groups excluding carboxylic acids is 1. The second-order valence-electron chi connectivity index (χ2n) is 6.60. The number of nitriles is 2. The number of nitrogens with zero attached hydrogens (tertiary/aromatic N) is 3. The Bertz CT molecular complexity index is 678. The second-order valence-corrected chi connectivity index (χ2v) is 6.97. The molecule has 0 aromatic rings. The fourth-order valence-electron chi connectivity index (χ4n) is 3.22. The number of primary amides is 1. The first-order chi connectivity index (χ1) is 11.3. The summed E-state index contributed by atoms with van der Waals surface area (Å²) in [6, 6.07) is 3.73. The van der Waals surface area contributed by atoms with Crippen LogP contribution in [-0.4, -0.2) is 17.8 Å². The molecule has 1 aliphatic heterocycles. The summed E-state index contributed by atoms with van der Waals surface area (Å²) in [7, 11) is 0. The van der Waals surface area contributed by atoms with Gasteiger partial charge in [0.1, 0.15) is 11.2 Å². The van der Waals surface area contributed by atoms with Gasteiger partial charge in [-0.25, -0.2) is 0 Å². The Morgan fingerprint density at radius 1 is 1.38 bits per heavy atom. The van der Waals surface area contributed by atoms with Gasteiger partial charge in [0.25, 0.3) is 0 Å². The summed E-state index contributed by atoms with van der Waals surface area (Å²) in [4.78, 5) is 17.7. The summed E-state index contributed by atoms with van der Waals surface area (Å²) in [6.45, 7) is 3.25. The van der Waals surface area contributed by atoms with E-state index in [0.717, 1.165) is 31.4 Å². The van der Waals surface area contributed by atoms with Gasteiger partial charge in [-0.1, -0.05) is 37.0 Å². The maximum Gasteiger partial charge on any atom is 0.244 e. The van der Waals surface area contributed by atoms with Crippen molar-refractivity contribution in [2.75, 3.05) is 0 Å². The van der Waals surface area contributed by atoms with E-state index in [1.807, 2.05) is 12.1 Å². The number of carbonyl (C=O) groups is 1. The molecule has 0 bridgehead atoms. The minimum Gasteiger partial charge on any atom is -0.370 e. The average molecular weight is 350 g/mol. The first kappa shape index (κ1) is 18.1. The van der Waals surface area contributed by atoms with E-state index in [9.17, 15) is 15.3 Å². The van der Waals surface area contributed by atoms with Crippen LogP contribution in [0, 0.1) is 33.5 Å². The van der Waals surface area contributed by atoms with Crippen molar-refractivity contribution in [3.05, 3.63) is 10.7 Å². The number of rotatable bonds is 3. The lowest BCUT2D eigenvalue weighted by Crippen LogP contribution is -2.61. The van der Waals surface area contributed by atoms with Crippen LogP contribution in [0.5, 0.6) is 0 Å². The first-order valence-corrected chi connectivity index (χ1v) is 8.18. The van der Waals surface area contributed by atoms with Gasteiger partial charge in [-0.3, -0.25) is 4.79 Å². The van der Waals surface area contributed by atoms with Gasteiger partial charge in [-0.05, 0) is 25.7 Å². The lowest BCUT2D eigenvalue weighted by atomic mass is 9.59. The summed E-state index contributed by atoms with van der Waals surface area (Å²) in [6.07, 6.45) is 4.15. The monoisotopic (exact) mass is 349 g/mol. The molecule has 1 fully saturated rings. The standard InChI is InChI=1S/C16H20ClN5O2/c1-15(2)14(24-22-10-6-4-3-5-7-10)21-12(17)11(8-18)16(15,9-19)13(20)23/h14,21H,3-7H2,1-2H3,(H2,20,23)/t14-,16-/m1/s1. The highest BCUT2D eigenvalue weighted by Crippen LogP contribution is 2.51. The maximum atomic E-state index is 12.1. The molecule has 0 saturated heterocycles. The average Bonchev–Trinajstić information content (AvgIpc) is 2.55. The molecule has 2 rings (SSSR count). The van der Waals surface area contributed by atoms with E-state index >= 15 is 0 Å². The number of hydrogen-bond donors (Lipinski definition) is 2. The number of nitrogens with one attached hydrogen (secondary N) is 1. The minimum absolute atomic E-state index is 0.119. The Hall–Kier alpha value is -2.25. The third kappa shape index (κ3) is 2.70. The van der Waals surface area contributed by atoms with Crippen LogP contribution in [0.2, 0.25) is 0 Å². The summed E-state index contributed by atoms with van der Waals surface area (Å²) in [5.41, 5.74) is 3.17. The Morgan fingerprint density at radius 2 is 2.00 bits per heavy atom. The van der Waals surface area contributed by atoms with E-state index in [1.165, 1.54) is 6.42 Å². The van der Waals surface area contributed by atoms with Crippen LogP contribution in [0.4, 0.5) is 0 Å². The molecule has 7 nitrogen and oxygen atoms in total. The van der Waals surface area contributed by atoms with E-state index in [2.05, 4.69) is 10.5 Å². The highest BCUT2D eigenvalue weighted by molar-refractivity contribution is 6.30. The fourth-order valence-corrected chi connectivity index (χ4v) is 3.50. The molecule has 2 aliphatic rings. The van der Waals surface area contributed by atoms with Crippen molar-refractivity contribution in [2.45, 2.75) is 52.2 Å². The molecule has 1 aliphatic carbocycles. The number of oxime groups is 1. The van der Waals surface area contributed by atoms with Gasteiger partial charge in [-0.15, -0.1) is 0 Å². The molecule has 1 heterocycles. The van der Waals surface area contributed by atoms with E-state index in [4.69, 9.17) is 22.2 Å². The van der Waals surface area contributed by atoms with E-state index < -0.39 is 23.0 Å². The van der Waals surface area contributed by atoms with Crippen LogP contribution < -0.4 is 11.1 Å². The smallest absolute Gasteiger partial charge is 0.244 e. The van der Waals surface area contributed by atoms with Crippen molar-refractivity contribution < 1.29 is 9.63 Å². The van der Waals surface area contributed by atoms with Gasteiger partial charge in [0.2, 0.25) is 12.1 Å². The van der Waals surface area contributed by atoms with Crippen molar-refractivity contribution in [3.63, 3.8) is 0 Å². The third-order valence-corrected chi connectivity index (χ3v) is 5.14. The molecule has 0 aromatic carbocycles. The van der Waals surface area contributed by atoms with Crippen LogP contribution in [0.1, 0.15) is 46.0 Å². The molecule has 0 radical (unpaired) electrons. The fraction of sp³-hybridized carbons (Fsp3) is 0.625. The van der Waals surface area contributed by atoms with Gasteiger partial charge in [-0.2, -0.15) is 10.5 Å². The molecule has 128 valence electrons. The van der Waals surface area contributed by atoms with E-state index in [-0.39, 0.29) is 10.7 Å². The molecule has 3 N–H and O–H groups in total. The highest BCUT2D eigenvalue weighted by Gasteiger charge is 2.62. The molecule has 0 unspecified atom stereocenters. The van der Waals surface area contributed by atoms with Gasteiger partial charge < -0.3 is 15.9 Å². The van der Waals surface area contributed by atoms with E-state index in [1.54, 1.807) is 13.8 Å². The molecule has 1 amide bonds. The molecule has 0 aromatic heterocycles. The normalized spacial score (nSPS) is 29.0. The van der Waals surface area contributed by atoms with Crippen molar-refractivity contribution in [1.29, 1.82) is 10.5 Å². The number of nitrogens with two attached hydrogens (primary N) is 1. The summed E-state index contributed by atoms with van der Waals surface area (Å²) in [5.74, 6) is -0.940. The molecule has 1 saturated carbocycles. The lowest BCUT2D eigenvalue weighted by Gasteiger charge is -2.46. The predicted molar refractivity (Wildman–Crippen MR) is 88.0 cm³/mol. The summed E-state index contributed by atoms with van der Waals surface area (Å²) < 4.78 is 0. The maximum absolute atomic E-state index is 12.1. The first-order valence-electron chi connectivity index (χ1n) is 7.81. The minimum atomic E-state index is -1.90. The van der Waals surface area contributed by atoms with Crippen molar-refractivity contribution in [1.82, 2.24) is 5.32 Å². The van der Waals surface area contributed by atoms with Crippen molar-refractivity contribution in [3.8, 4) is 12.1 Å². The van der Waals surface area contributed by atoms with Gasteiger partial charge in [0.15, 0.2) is 5.41 Å². The topological polar surface area (TPSA) is 124 Å². The van der Waals surface area contributed by atoms with Crippen LogP contribution in [0.3, 0.4) is 0 Å². The number of hydrogen-bond acceptors (Lipinski definition) is 6. The summed E-state index contributed by atoms with van der Waals surface area (Å²) >= 11 is 6.09. The molecule has 8 heteroatoms. The molecule has 24 heavy (non-hydrogen) atoms. The Morgan fingerprint density at radius 3 is 2.50 bits per heavy atom. The van der Waals surface area contributed by atoms with E-state index in [0.29, 0.717) is 0 Å². The Kier molecular flexibility index (Phi) is 5.05. The SMILES string of the molecule is CC1(C)[C@@H](ON=C2CCCCC2)NC(Cl)=C(C#N)[C@]1(C#N)C(N)=O. The van der Waals surface area contributed by atoms with Crippen LogP contribution in [0.15, 0.2) is 15.9 Å². The number of amides is 1. The zero-order valence-corrected chi connectivity index (χ0v) is 14.5. The Balaban J connectivity index is 2.42. The second kappa shape index (κ2) is 6.70. The molecular weight excluding hydrogens is 330 g/mol. The largest absolute Gasteiger partial charge is 0.370 e. The van der Waals surface area contributed by atoms with Gasteiger partial charge in [0, 0.05) is 0 Å². The quantitative estimate of drug-likeness (QED) is 0.597. The number of halogens is 1. The van der Waals surface area contributed by atoms with Crippen LogP contribution >= 0.6 is 11.6 Å². The molecule has 0 spiro atoms. The van der Waals surface area contributed by atoms with Crippen molar-refractivity contribution >= 4 is 23.2 Å². The lowest BCUT2D eigenvalue weighted by molar-refractivity contribution is -0.139. The van der Waals surface area contributed by atoms with Crippen LogP contribution in [0.25, 0.3) is 0 Å². The predicted octanol–water partition coefficient (Wildman–Crippen LogP) is 2.25. The van der Waals surface area contributed by atoms with Gasteiger partial charge in [0.05, 0.1) is 22.8 Å². The Labute approximate surface area is 146 Å². The molecule has 2 atom stereocenters. The van der Waals surface area contributed by atoms with Gasteiger partial charge >= 0.3 is 0 Å². The van der Waals surface area contributed by atoms with Crippen LogP contribution in [-0.2, 0) is 9.63 Å². The highest BCUT2D eigenvalue weighted by atomic mass is 35.5. The zero-order chi connectivity index (χ0) is 18.0.